The first-order valence-corrected chi connectivity index (χ1v) is 22.7. The molecule has 0 aromatic heterocycles. The Bertz CT molecular complexity index is 2680. The van der Waals surface area contributed by atoms with Gasteiger partial charge in [0.2, 0.25) is 0 Å². The van der Waals surface area contributed by atoms with Crippen LogP contribution in [0.3, 0.4) is 0 Å². The molecule has 9 rings (SSSR count). The zero-order valence-electron chi connectivity index (χ0n) is 38.1. The van der Waals surface area contributed by atoms with E-state index in [1.807, 2.05) is 79.4 Å². The smallest absolute Gasteiger partial charge is 0.261 e. The van der Waals surface area contributed by atoms with E-state index in [1.165, 1.54) is 5.56 Å². The average molecular weight is 876 g/mol. The molecule has 3 atom stereocenters. The van der Waals surface area contributed by atoms with Gasteiger partial charge in [0.05, 0.1) is 48.8 Å². The summed E-state index contributed by atoms with van der Waals surface area (Å²) in [7, 11) is 7.27. The molecular formula is C53H57N5O7. The molecule has 0 fully saturated rings. The van der Waals surface area contributed by atoms with Crippen LogP contribution in [0.5, 0.6) is 23.0 Å². The normalized spacial score (nSPS) is 17.2. The van der Waals surface area contributed by atoms with Gasteiger partial charge < -0.3 is 33.6 Å². The third-order valence-corrected chi connectivity index (χ3v) is 13.4. The highest BCUT2D eigenvalue weighted by atomic mass is 16.5. The standard InChI is InChI=1S/C53H57N5O7/c1-7-47(59)33(2)14-12-13-19-55(3)38-21-34(31-64-50-27-43-41(25-48(50)62-5)52(60)57-39(29-54-43)23-36-15-8-10-17-44(36)57)20-35(22-38)32-65-51-28-46-42(26-49(51)63-6)53(61)58-40(30-56(46)4)24-37-16-9-11-18-45(37)58/h8-11,15-18,20-22,25-29,33,39-40H,7,12-14,19,23-24,30-32H2,1-6H3/t33?,39-,40-/m0/s1. The number of Topliss-reactive ketones (excluding diaryl/α,β-unsaturated/α-hetero) is 1. The summed E-state index contributed by atoms with van der Waals surface area (Å²) in [6.45, 7) is 5.85. The summed E-state index contributed by atoms with van der Waals surface area (Å²) in [6.07, 6.45) is 6.68. The predicted molar refractivity (Wildman–Crippen MR) is 256 cm³/mol. The van der Waals surface area contributed by atoms with Gasteiger partial charge in [0, 0.05) is 81.4 Å². The molecule has 5 aromatic carbocycles. The fraction of sp³-hybridized carbons (Fsp3) is 0.358. The summed E-state index contributed by atoms with van der Waals surface area (Å²) in [5.41, 5.74) is 9.33. The van der Waals surface area contributed by atoms with Crippen molar-refractivity contribution in [1.82, 2.24) is 0 Å². The SMILES string of the molecule is CCC(=O)C(C)CCCCN(C)c1cc(COc2cc3c(cc2OC)C(=O)N2c4ccccc4C[C@H]2C=N3)cc(COc2cc3c(cc2OC)C(=O)N2c4ccccc4C[C@H]2CN3C)c1. The average Bonchev–Trinajstić information content (AvgIpc) is 3.82. The topological polar surface area (TPSA) is 113 Å². The van der Waals surface area contributed by atoms with Crippen molar-refractivity contribution < 1.29 is 33.3 Å². The van der Waals surface area contributed by atoms with E-state index in [2.05, 4.69) is 47.2 Å². The highest BCUT2D eigenvalue weighted by molar-refractivity contribution is 6.15. The molecule has 4 aliphatic rings. The number of unbranched alkanes of at least 4 members (excludes halogenated alkanes) is 1. The van der Waals surface area contributed by atoms with Gasteiger partial charge in [-0.25, -0.2) is 0 Å². The molecule has 0 N–H and O–H groups in total. The van der Waals surface area contributed by atoms with Crippen LogP contribution in [0.25, 0.3) is 0 Å². The molecule has 336 valence electrons. The Morgan fingerprint density at radius 3 is 2.05 bits per heavy atom. The Balaban J connectivity index is 0.970. The number of hydrogen-bond donors (Lipinski definition) is 0. The number of carbonyl (C=O) groups is 3. The molecule has 12 nitrogen and oxygen atoms in total. The predicted octanol–water partition coefficient (Wildman–Crippen LogP) is 9.39. The van der Waals surface area contributed by atoms with E-state index in [9.17, 15) is 14.4 Å². The Morgan fingerprint density at radius 1 is 0.754 bits per heavy atom. The molecule has 0 radical (unpaired) electrons. The summed E-state index contributed by atoms with van der Waals surface area (Å²) in [5, 5.41) is 0. The van der Waals surface area contributed by atoms with E-state index >= 15 is 0 Å². The summed E-state index contributed by atoms with van der Waals surface area (Å²) in [4.78, 5) is 53.4. The van der Waals surface area contributed by atoms with E-state index < -0.39 is 0 Å². The lowest BCUT2D eigenvalue weighted by molar-refractivity contribution is -0.122. The second-order valence-corrected chi connectivity index (χ2v) is 17.7. The summed E-state index contributed by atoms with van der Waals surface area (Å²) < 4.78 is 24.8. The van der Waals surface area contributed by atoms with Crippen LogP contribution in [0.4, 0.5) is 28.4 Å². The number of rotatable bonds is 16. The van der Waals surface area contributed by atoms with Crippen molar-refractivity contribution in [2.75, 3.05) is 61.0 Å². The Labute approximate surface area is 381 Å². The molecule has 0 aliphatic carbocycles. The van der Waals surface area contributed by atoms with Crippen LogP contribution in [0.1, 0.15) is 82.5 Å². The number of fused-ring (bicyclic) bond motifs is 8. The van der Waals surface area contributed by atoms with E-state index in [1.54, 1.807) is 32.4 Å². The maximum atomic E-state index is 14.2. The van der Waals surface area contributed by atoms with Gasteiger partial charge in [-0.3, -0.25) is 24.3 Å². The van der Waals surface area contributed by atoms with Crippen LogP contribution in [0, 0.1) is 5.92 Å². The van der Waals surface area contributed by atoms with Gasteiger partial charge in [-0.2, -0.15) is 0 Å². The molecule has 65 heavy (non-hydrogen) atoms. The van der Waals surface area contributed by atoms with Gasteiger partial charge in [0.15, 0.2) is 23.0 Å². The van der Waals surface area contributed by atoms with Crippen molar-refractivity contribution in [3.05, 3.63) is 124 Å². The van der Waals surface area contributed by atoms with Gasteiger partial charge in [0.25, 0.3) is 11.8 Å². The minimum absolute atomic E-state index is 0.0205. The highest BCUT2D eigenvalue weighted by Crippen LogP contribution is 2.44. The molecular weight excluding hydrogens is 819 g/mol. The summed E-state index contributed by atoms with van der Waals surface area (Å²) in [5.74, 6) is 2.12. The zero-order valence-corrected chi connectivity index (χ0v) is 38.1. The van der Waals surface area contributed by atoms with E-state index in [-0.39, 0.29) is 43.0 Å². The maximum Gasteiger partial charge on any atom is 0.261 e. The van der Waals surface area contributed by atoms with Crippen molar-refractivity contribution in [2.24, 2.45) is 10.9 Å². The molecule has 4 heterocycles. The number of amides is 2. The minimum atomic E-state index is -0.171. The molecule has 0 saturated heterocycles. The molecule has 4 aliphatic heterocycles. The molecule has 2 amide bonds. The second kappa shape index (κ2) is 18.3. The largest absolute Gasteiger partial charge is 0.493 e. The van der Waals surface area contributed by atoms with E-state index in [0.717, 1.165) is 71.7 Å². The van der Waals surface area contributed by atoms with Gasteiger partial charge in [-0.15, -0.1) is 0 Å². The molecule has 1 unspecified atom stereocenters. The van der Waals surface area contributed by atoms with Gasteiger partial charge in [-0.1, -0.05) is 56.7 Å². The van der Waals surface area contributed by atoms with Gasteiger partial charge >= 0.3 is 0 Å². The number of carbonyl (C=O) groups excluding carboxylic acids is 3. The Hall–Kier alpha value is -6.82. The minimum Gasteiger partial charge on any atom is -0.493 e. The lowest BCUT2D eigenvalue weighted by Crippen LogP contribution is -2.41. The zero-order chi connectivity index (χ0) is 45.4. The number of benzene rings is 5. The van der Waals surface area contributed by atoms with E-state index in [0.29, 0.717) is 65.0 Å². The Morgan fingerprint density at radius 2 is 1.37 bits per heavy atom. The molecule has 5 aromatic rings. The van der Waals surface area contributed by atoms with Crippen LogP contribution in [-0.2, 0) is 30.8 Å². The molecule has 0 spiro atoms. The van der Waals surface area contributed by atoms with Crippen LogP contribution < -0.4 is 38.5 Å². The molecule has 0 saturated carbocycles. The number of hydrogen-bond acceptors (Lipinski definition) is 10. The number of ether oxygens (including phenoxy) is 4. The number of methoxy groups -OCH3 is 2. The van der Waals surface area contributed by atoms with Crippen molar-refractivity contribution in [3.8, 4) is 23.0 Å². The maximum absolute atomic E-state index is 14.2. The lowest BCUT2D eigenvalue weighted by Gasteiger charge is -2.25. The summed E-state index contributed by atoms with van der Waals surface area (Å²) in [6, 6.07) is 29.5. The van der Waals surface area contributed by atoms with Crippen molar-refractivity contribution in [1.29, 1.82) is 0 Å². The number of nitrogens with zero attached hydrogens (tertiary/aromatic N) is 5. The number of anilines is 4. The van der Waals surface area contributed by atoms with Crippen molar-refractivity contribution >= 4 is 52.2 Å². The lowest BCUT2D eigenvalue weighted by atomic mass is 9.98. The number of para-hydroxylation sites is 2. The van der Waals surface area contributed by atoms with Crippen molar-refractivity contribution in [3.63, 3.8) is 0 Å². The first-order chi connectivity index (χ1) is 31.5. The third kappa shape index (κ3) is 8.49. The number of likely N-dealkylation sites (N-methyl/N-ethyl adjacent to an activating group) is 1. The molecule has 12 heteroatoms. The Kier molecular flexibility index (Phi) is 12.3. The summed E-state index contributed by atoms with van der Waals surface area (Å²) >= 11 is 0. The second-order valence-electron chi connectivity index (χ2n) is 17.7. The van der Waals surface area contributed by atoms with Crippen LogP contribution >= 0.6 is 0 Å². The van der Waals surface area contributed by atoms with Crippen molar-refractivity contribution in [2.45, 2.75) is 77.7 Å². The first kappa shape index (κ1) is 43.4. The van der Waals surface area contributed by atoms with Crippen LogP contribution in [0.2, 0.25) is 0 Å². The quantitative estimate of drug-likeness (QED) is 0.0896. The first-order valence-electron chi connectivity index (χ1n) is 22.7. The fourth-order valence-corrected chi connectivity index (χ4v) is 9.81. The molecule has 0 bridgehead atoms. The van der Waals surface area contributed by atoms with E-state index in [4.69, 9.17) is 23.9 Å². The van der Waals surface area contributed by atoms with Gasteiger partial charge in [0.1, 0.15) is 19.0 Å². The highest BCUT2D eigenvalue weighted by Gasteiger charge is 2.40. The number of ketones is 1. The van der Waals surface area contributed by atoms with Crippen LogP contribution in [-0.4, -0.2) is 77.3 Å². The van der Waals surface area contributed by atoms with Crippen LogP contribution in [0.15, 0.2) is 96.0 Å². The monoisotopic (exact) mass is 875 g/mol. The fourth-order valence-electron chi connectivity index (χ4n) is 9.81. The third-order valence-electron chi connectivity index (χ3n) is 13.4. The van der Waals surface area contributed by atoms with Gasteiger partial charge in [-0.05, 0) is 84.0 Å². The number of aliphatic imine (C=N–C) groups is 1.